The van der Waals surface area contributed by atoms with E-state index in [-0.39, 0.29) is 35.1 Å². The van der Waals surface area contributed by atoms with Crippen molar-refractivity contribution in [2.75, 3.05) is 13.2 Å². The first kappa shape index (κ1) is 12.9. The van der Waals surface area contributed by atoms with Crippen LogP contribution < -0.4 is 0 Å². The van der Waals surface area contributed by atoms with Crippen LogP contribution in [0.15, 0.2) is 0 Å². The minimum atomic E-state index is -0.205. The molecule has 0 aromatic rings. The fraction of sp³-hybridized carbons (Fsp3) is 1.00. The van der Waals surface area contributed by atoms with E-state index in [2.05, 4.69) is 20.8 Å². The molecule has 2 saturated carbocycles. The first-order chi connectivity index (χ1) is 8.37. The van der Waals surface area contributed by atoms with E-state index in [0.717, 1.165) is 32.3 Å². The van der Waals surface area contributed by atoms with Gasteiger partial charge in [0.05, 0.1) is 18.3 Å². The minimum Gasteiger partial charge on any atom is -0.396 e. The number of rotatable bonds is 1. The quantitative estimate of drug-likeness (QED) is 0.703. The summed E-state index contributed by atoms with van der Waals surface area (Å²) in [7, 11) is 0. The molecule has 1 spiro atoms. The molecule has 0 amide bonds. The molecule has 1 saturated heterocycles. The van der Waals surface area contributed by atoms with Gasteiger partial charge in [0.15, 0.2) is 0 Å². The topological polar surface area (TPSA) is 53.0 Å². The van der Waals surface area contributed by atoms with Crippen LogP contribution in [0.4, 0.5) is 0 Å². The molecule has 3 nitrogen and oxygen atoms in total. The van der Waals surface area contributed by atoms with Crippen molar-refractivity contribution < 1.29 is 14.9 Å². The van der Waals surface area contributed by atoms with Crippen molar-refractivity contribution in [3.63, 3.8) is 0 Å². The predicted octanol–water partition coefficient (Wildman–Crippen LogP) is 1.96. The van der Waals surface area contributed by atoms with Gasteiger partial charge < -0.3 is 14.9 Å². The highest BCUT2D eigenvalue weighted by Crippen LogP contribution is 2.65. The van der Waals surface area contributed by atoms with E-state index in [9.17, 15) is 10.2 Å². The molecule has 0 aromatic heterocycles. The molecule has 5 atom stereocenters. The van der Waals surface area contributed by atoms with Crippen LogP contribution in [0, 0.1) is 22.7 Å². The lowest BCUT2D eigenvalue weighted by Gasteiger charge is -2.60. The number of hydrogen-bond donors (Lipinski definition) is 2. The lowest BCUT2D eigenvalue weighted by atomic mass is 9.46. The average Bonchev–Trinajstić information content (AvgIpc) is 3.05. The van der Waals surface area contributed by atoms with Crippen LogP contribution in [0.5, 0.6) is 0 Å². The first-order valence-corrected chi connectivity index (χ1v) is 7.30. The standard InChI is InChI=1S/C15H26O3/c1-13(2)10-4-7-15(9-18-15)11(8-16)14(10,3)6-5-12(13)17/h10-12,16-17H,4-9H2,1-3H3. The molecule has 104 valence electrons. The lowest BCUT2D eigenvalue weighted by Crippen LogP contribution is -2.59. The van der Waals surface area contributed by atoms with Crippen molar-refractivity contribution in [1.82, 2.24) is 0 Å². The second-order valence-corrected chi connectivity index (χ2v) is 7.56. The van der Waals surface area contributed by atoms with E-state index in [1.165, 1.54) is 0 Å². The van der Waals surface area contributed by atoms with Gasteiger partial charge in [-0.1, -0.05) is 20.8 Å². The van der Waals surface area contributed by atoms with Crippen LogP contribution in [-0.2, 0) is 4.74 Å². The Morgan fingerprint density at radius 1 is 1.17 bits per heavy atom. The summed E-state index contributed by atoms with van der Waals surface area (Å²) in [6.07, 6.45) is 3.83. The van der Waals surface area contributed by atoms with Crippen LogP contribution >= 0.6 is 0 Å². The monoisotopic (exact) mass is 254 g/mol. The van der Waals surface area contributed by atoms with Crippen molar-refractivity contribution in [3.05, 3.63) is 0 Å². The third kappa shape index (κ3) is 1.47. The zero-order valence-electron chi connectivity index (χ0n) is 11.8. The van der Waals surface area contributed by atoms with E-state index in [1.54, 1.807) is 0 Å². The molecule has 2 aliphatic carbocycles. The van der Waals surface area contributed by atoms with Crippen LogP contribution in [0.2, 0.25) is 0 Å². The molecule has 18 heavy (non-hydrogen) atoms. The maximum absolute atomic E-state index is 10.3. The van der Waals surface area contributed by atoms with E-state index in [1.807, 2.05) is 0 Å². The number of aliphatic hydroxyl groups excluding tert-OH is 2. The molecule has 3 aliphatic rings. The number of epoxide rings is 1. The van der Waals surface area contributed by atoms with Gasteiger partial charge in [0.1, 0.15) is 0 Å². The number of aliphatic hydroxyl groups is 2. The summed E-state index contributed by atoms with van der Waals surface area (Å²) in [5, 5.41) is 20.2. The molecular formula is C15H26O3. The van der Waals surface area contributed by atoms with Crippen LogP contribution in [0.1, 0.15) is 46.5 Å². The summed E-state index contributed by atoms with van der Waals surface area (Å²) in [6, 6.07) is 0. The summed E-state index contributed by atoms with van der Waals surface area (Å²) in [5.74, 6) is 0.733. The summed E-state index contributed by atoms with van der Waals surface area (Å²) >= 11 is 0. The molecule has 1 aliphatic heterocycles. The molecule has 2 N–H and O–H groups in total. The van der Waals surface area contributed by atoms with E-state index >= 15 is 0 Å². The molecule has 0 aromatic carbocycles. The van der Waals surface area contributed by atoms with Gasteiger partial charge in [-0.3, -0.25) is 0 Å². The zero-order valence-corrected chi connectivity index (χ0v) is 11.8. The molecular weight excluding hydrogens is 228 g/mol. The van der Waals surface area contributed by atoms with E-state index < -0.39 is 0 Å². The third-order valence-corrected chi connectivity index (χ3v) is 6.49. The maximum Gasteiger partial charge on any atom is 0.0971 e. The van der Waals surface area contributed by atoms with Crippen molar-refractivity contribution in [1.29, 1.82) is 0 Å². The summed E-state index contributed by atoms with van der Waals surface area (Å²) in [5.41, 5.74) is 0.0432. The summed E-state index contributed by atoms with van der Waals surface area (Å²) < 4.78 is 5.73. The normalized spacial score (nSPS) is 54.2. The number of fused-ring (bicyclic) bond motifs is 1. The first-order valence-electron chi connectivity index (χ1n) is 7.30. The molecule has 0 bridgehead atoms. The van der Waals surface area contributed by atoms with Gasteiger partial charge in [0.2, 0.25) is 0 Å². The maximum atomic E-state index is 10.3. The van der Waals surface area contributed by atoms with Crippen LogP contribution in [0.25, 0.3) is 0 Å². The van der Waals surface area contributed by atoms with Gasteiger partial charge in [0, 0.05) is 12.5 Å². The van der Waals surface area contributed by atoms with Gasteiger partial charge in [0.25, 0.3) is 0 Å². The van der Waals surface area contributed by atoms with Gasteiger partial charge in [-0.2, -0.15) is 0 Å². The van der Waals surface area contributed by atoms with Crippen LogP contribution in [0.3, 0.4) is 0 Å². The second kappa shape index (κ2) is 3.71. The van der Waals surface area contributed by atoms with Gasteiger partial charge in [-0.05, 0) is 42.4 Å². The Morgan fingerprint density at radius 3 is 2.39 bits per heavy atom. The Balaban J connectivity index is 1.97. The molecule has 3 fully saturated rings. The molecule has 3 rings (SSSR count). The third-order valence-electron chi connectivity index (χ3n) is 6.49. The van der Waals surface area contributed by atoms with Crippen molar-refractivity contribution in [3.8, 4) is 0 Å². The average molecular weight is 254 g/mol. The van der Waals surface area contributed by atoms with Gasteiger partial charge in [-0.25, -0.2) is 0 Å². The smallest absolute Gasteiger partial charge is 0.0971 e. The van der Waals surface area contributed by atoms with Crippen LogP contribution in [-0.4, -0.2) is 35.1 Å². The SMILES string of the molecule is CC1(C)C(O)CCC2(C)C(CO)C3(CCC12)CO3. The predicted molar refractivity (Wildman–Crippen MR) is 69.1 cm³/mol. The Kier molecular flexibility index (Phi) is 2.66. The van der Waals surface area contributed by atoms with Crippen molar-refractivity contribution >= 4 is 0 Å². The Labute approximate surface area is 110 Å². The largest absolute Gasteiger partial charge is 0.396 e. The Hall–Kier alpha value is -0.120. The number of ether oxygens (including phenoxy) is 1. The fourth-order valence-electron chi connectivity index (χ4n) is 5.17. The van der Waals surface area contributed by atoms with E-state index in [4.69, 9.17) is 4.74 Å². The zero-order chi connectivity index (χ0) is 13.2. The van der Waals surface area contributed by atoms with Gasteiger partial charge >= 0.3 is 0 Å². The number of hydrogen-bond acceptors (Lipinski definition) is 3. The Morgan fingerprint density at radius 2 is 1.83 bits per heavy atom. The molecule has 1 heterocycles. The minimum absolute atomic E-state index is 0.0294. The highest BCUT2D eigenvalue weighted by atomic mass is 16.6. The Bertz CT molecular complexity index is 348. The molecule has 5 unspecified atom stereocenters. The summed E-state index contributed by atoms with van der Waals surface area (Å²) in [6.45, 7) is 7.75. The molecule has 0 radical (unpaired) electrons. The fourth-order valence-corrected chi connectivity index (χ4v) is 5.17. The van der Waals surface area contributed by atoms with Crippen molar-refractivity contribution in [2.45, 2.75) is 58.2 Å². The highest BCUT2D eigenvalue weighted by molar-refractivity contribution is 5.14. The van der Waals surface area contributed by atoms with Gasteiger partial charge in [-0.15, -0.1) is 0 Å². The summed E-state index contributed by atoms with van der Waals surface area (Å²) in [4.78, 5) is 0. The van der Waals surface area contributed by atoms with Crippen molar-refractivity contribution in [2.24, 2.45) is 22.7 Å². The van der Waals surface area contributed by atoms with E-state index in [0.29, 0.717) is 5.92 Å². The second-order valence-electron chi connectivity index (χ2n) is 7.56. The molecule has 3 heteroatoms. The lowest BCUT2D eigenvalue weighted by molar-refractivity contribution is -0.162. The highest BCUT2D eigenvalue weighted by Gasteiger charge is 2.66.